The molecule has 0 radical (unpaired) electrons. The highest BCUT2D eigenvalue weighted by Crippen LogP contribution is 2.29. The minimum atomic E-state index is -4.40. The van der Waals surface area contributed by atoms with Gasteiger partial charge in [0.2, 0.25) is 5.91 Å². The van der Waals surface area contributed by atoms with Crippen molar-refractivity contribution in [2.24, 2.45) is 0 Å². The van der Waals surface area contributed by atoms with Crippen molar-refractivity contribution in [2.45, 2.75) is 12.6 Å². The van der Waals surface area contributed by atoms with E-state index in [1.807, 2.05) is 42.5 Å². The molecule has 0 heterocycles. The van der Waals surface area contributed by atoms with Crippen LogP contribution in [0.1, 0.15) is 16.7 Å². The zero-order valence-electron chi connectivity index (χ0n) is 14.5. The molecule has 3 aromatic carbocycles. The lowest BCUT2D eigenvalue weighted by atomic mass is 10.0. The number of hydrogen-bond acceptors (Lipinski definition) is 1. The van der Waals surface area contributed by atoms with E-state index in [1.165, 1.54) is 24.3 Å². The van der Waals surface area contributed by atoms with Crippen LogP contribution >= 0.6 is 0 Å². The molecule has 1 amide bonds. The predicted octanol–water partition coefficient (Wildman–Crippen LogP) is 5.23. The third kappa shape index (κ3) is 4.97. The Balaban J connectivity index is 1.58. The summed E-state index contributed by atoms with van der Waals surface area (Å²) in [5, 5.41) is 5.05. The van der Waals surface area contributed by atoms with Gasteiger partial charge in [-0.05, 0) is 46.5 Å². The summed E-state index contributed by atoms with van der Waals surface area (Å²) in [6.45, 7) is 0.444. The summed E-state index contributed by atoms with van der Waals surface area (Å²) < 4.78 is 38.1. The topological polar surface area (TPSA) is 29.1 Å². The van der Waals surface area contributed by atoms with Gasteiger partial charge in [-0.15, -0.1) is 0 Å². The number of hydrogen-bond donors (Lipinski definition) is 1. The van der Waals surface area contributed by atoms with Gasteiger partial charge in [0.1, 0.15) is 0 Å². The van der Waals surface area contributed by atoms with Gasteiger partial charge < -0.3 is 5.32 Å². The van der Waals surface area contributed by atoms with Crippen molar-refractivity contribution >= 4 is 22.8 Å². The first-order valence-corrected chi connectivity index (χ1v) is 8.53. The van der Waals surface area contributed by atoms with Crippen molar-refractivity contribution in [3.63, 3.8) is 0 Å². The molecule has 1 N–H and O–H groups in total. The Hall–Kier alpha value is -3.08. The van der Waals surface area contributed by atoms with Crippen LogP contribution in [0.2, 0.25) is 0 Å². The van der Waals surface area contributed by atoms with Crippen LogP contribution in [0.5, 0.6) is 0 Å². The maximum absolute atomic E-state index is 12.7. The van der Waals surface area contributed by atoms with E-state index in [2.05, 4.69) is 5.32 Å². The predicted molar refractivity (Wildman–Crippen MR) is 101 cm³/mol. The fourth-order valence-corrected chi connectivity index (χ4v) is 2.88. The average molecular weight is 369 g/mol. The zero-order valence-corrected chi connectivity index (χ0v) is 14.5. The van der Waals surface area contributed by atoms with Gasteiger partial charge in [-0.25, -0.2) is 0 Å². The van der Waals surface area contributed by atoms with Crippen LogP contribution in [0.15, 0.2) is 72.8 Å². The number of carbonyl (C=O) groups is 1. The number of rotatable bonds is 5. The van der Waals surface area contributed by atoms with Crippen LogP contribution in [0, 0.1) is 0 Å². The van der Waals surface area contributed by atoms with Crippen molar-refractivity contribution in [2.75, 3.05) is 6.54 Å². The summed E-state index contributed by atoms with van der Waals surface area (Å²) in [6.07, 6.45) is -1.10. The van der Waals surface area contributed by atoms with E-state index in [-0.39, 0.29) is 5.91 Å². The van der Waals surface area contributed by atoms with E-state index in [1.54, 1.807) is 0 Å². The molecule has 0 spiro atoms. The number of alkyl halides is 3. The summed E-state index contributed by atoms with van der Waals surface area (Å²) in [6, 6.07) is 18.9. The number of benzene rings is 3. The Morgan fingerprint density at radius 3 is 2.52 bits per heavy atom. The number of nitrogens with one attached hydrogen (secondary N) is 1. The molecule has 0 aromatic heterocycles. The first-order chi connectivity index (χ1) is 12.9. The van der Waals surface area contributed by atoms with Gasteiger partial charge in [0.05, 0.1) is 5.56 Å². The molecule has 27 heavy (non-hydrogen) atoms. The van der Waals surface area contributed by atoms with E-state index in [0.29, 0.717) is 18.5 Å². The Morgan fingerprint density at radius 1 is 0.963 bits per heavy atom. The summed E-state index contributed by atoms with van der Waals surface area (Å²) >= 11 is 0. The molecular formula is C22H18F3NO. The molecule has 0 saturated heterocycles. The highest BCUT2D eigenvalue weighted by Gasteiger charge is 2.30. The molecule has 0 aliphatic heterocycles. The molecule has 3 rings (SSSR count). The maximum atomic E-state index is 12.7. The average Bonchev–Trinajstić information content (AvgIpc) is 2.66. The third-order valence-corrected chi connectivity index (χ3v) is 4.21. The smallest absolute Gasteiger partial charge is 0.352 e. The van der Waals surface area contributed by atoms with Crippen LogP contribution in [0.4, 0.5) is 13.2 Å². The SMILES string of the molecule is O=C(C=Cc1cccc(C(F)(F)F)c1)NCCc1cccc2ccccc12. The maximum Gasteiger partial charge on any atom is 0.416 e. The standard InChI is InChI=1S/C22H18F3NO/c23-22(24,25)19-9-3-5-16(15-19)11-12-21(27)26-14-13-18-8-4-7-17-6-1-2-10-20(17)18/h1-12,15H,13-14H2,(H,26,27). The van der Waals surface area contributed by atoms with Gasteiger partial charge >= 0.3 is 6.18 Å². The van der Waals surface area contributed by atoms with Gasteiger partial charge in [-0.1, -0.05) is 54.6 Å². The van der Waals surface area contributed by atoms with Crippen LogP contribution in [0.3, 0.4) is 0 Å². The lowest BCUT2D eigenvalue weighted by molar-refractivity contribution is -0.137. The lowest BCUT2D eigenvalue weighted by Crippen LogP contribution is -2.23. The molecular weight excluding hydrogens is 351 g/mol. The van der Waals surface area contributed by atoms with E-state index < -0.39 is 11.7 Å². The van der Waals surface area contributed by atoms with Gasteiger partial charge in [-0.3, -0.25) is 4.79 Å². The first kappa shape index (κ1) is 18.7. The summed E-state index contributed by atoms with van der Waals surface area (Å²) in [5.41, 5.74) is 0.727. The van der Waals surface area contributed by atoms with Crippen LogP contribution in [-0.2, 0) is 17.4 Å². The highest BCUT2D eigenvalue weighted by molar-refractivity contribution is 5.91. The molecule has 0 bridgehead atoms. The fraction of sp³-hybridized carbons (Fsp3) is 0.136. The Kier molecular flexibility index (Phi) is 5.60. The molecule has 5 heteroatoms. The molecule has 0 unspecified atom stereocenters. The van der Waals surface area contributed by atoms with Gasteiger partial charge in [0, 0.05) is 12.6 Å². The molecule has 0 saturated carbocycles. The summed E-state index contributed by atoms with van der Waals surface area (Å²) in [5.74, 6) is -0.340. The quantitative estimate of drug-likeness (QED) is 0.613. The van der Waals surface area contributed by atoms with Crippen molar-refractivity contribution in [1.82, 2.24) is 5.32 Å². The van der Waals surface area contributed by atoms with Gasteiger partial charge in [0.25, 0.3) is 0 Å². The number of amides is 1. The summed E-state index contributed by atoms with van der Waals surface area (Å²) in [7, 11) is 0. The normalized spacial score (nSPS) is 11.8. The molecule has 0 atom stereocenters. The van der Waals surface area contributed by atoms with Crippen molar-refractivity contribution in [3.05, 3.63) is 89.5 Å². The van der Waals surface area contributed by atoms with Crippen molar-refractivity contribution in [3.8, 4) is 0 Å². The van der Waals surface area contributed by atoms with Crippen LogP contribution in [0.25, 0.3) is 16.8 Å². The fourth-order valence-electron chi connectivity index (χ4n) is 2.88. The second-order valence-electron chi connectivity index (χ2n) is 6.14. The second-order valence-corrected chi connectivity index (χ2v) is 6.14. The number of fused-ring (bicyclic) bond motifs is 1. The monoisotopic (exact) mass is 369 g/mol. The van der Waals surface area contributed by atoms with E-state index in [4.69, 9.17) is 0 Å². The zero-order chi connectivity index (χ0) is 19.3. The van der Waals surface area contributed by atoms with Crippen LogP contribution in [-0.4, -0.2) is 12.5 Å². The minimum Gasteiger partial charge on any atom is -0.352 e. The molecule has 0 aliphatic rings. The van der Waals surface area contributed by atoms with Crippen LogP contribution < -0.4 is 5.32 Å². The Labute approximate surface area is 155 Å². The van der Waals surface area contributed by atoms with E-state index >= 15 is 0 Å². The van der Waals surface area contributed by atoms with E-state index in [0.717, 1.165) is 28.5 Å². The van der Waals surface area contributed by atoms with Crippen molar-refractivity contribution < 1.29 is 18.0 Å². The highest BCUT2D eigenvalue weighted by atomic mass is 19.4. The largest absolute Gasteiger partial charge is 0.416 e. The Morgan fingerprint density at radius 2 is 1.70 bits per heavy atom. The molecule has 0 fully saturated rings. The number of carbonyl (C=O) groups excluding carboxylic acids is 1. The van der Waals surface area contributed by atoms with E-state index in [9.17, 15) is 18.0 Å². The van der Waals surface area contributed by atoms with Gasteiger partial charge in [0.15, 0.2) is 0 Å². The molecule has 0 aliphatic carbocycles. The molecule has 3 aromatic rings. The third-order valence-electron chi connectivity index (χ3n) is 4.21. The van der Waals surface area contributed by atoms with Gasteiger partial charge in [-0.2, -0.15) is 13.2 Å². The number of halogens is 3. The second kappa shape index (κ2) is 8.08. The summed E-state index contributed by atoms with van der Waals surface area (Å²) in [4.78, 5) is 11.9. The molecule has 2 nitrogen and oxygen atoms in total. The first-order valence-electron chi connectivity index (χ1n) is 8.53. The van der Waals surface area contributed by atoms with Crippen molar-refractivity contribution in [1.29, 1.82) is 0 Å². The minimum absolute atomic E-state index is 0.328. The Bertz CT molecular complexity index is 971. The molecule has 138 valence electrons. The lowest BCUT2D eigenvalue weighted by Gasteiger charge is -2.07.